The van der Waals surface area contributed by atoms with Crippen molar-refractivity contribution < 1.29 is 28.5 Å². The van der Waals surface area contributed by atoms with Gasteiger partial charge in [0, 0.05) is 19.1 Å². The Morgan fingerprint density at radius 1 is 1.04 bits per heavy atom. The van der Waals surface area contributed by atoms with Crippen molar-refractivity contribution in [2.24, 2.45) is 11.1 Å². The number of rotatable bonds is 8. The van der Waals surface area contributed by atoms with Crippen molar-refractivity contribution in [1.29, 1.82) is 0 Å². The molecule has 140 valence electrons. The second-order valence-corrected chi connectivity index (χ2v) is 5.82. The van der Waals surface area contributed by atoms with Crippen molar-refractivity contribution in [2.45, 2.75) is 12.5 Å². The van der Waals surface area contributed by atoms with Gasteiger partial charge in [0.1, 0.15) is 5.41 Å². The highest BCUT2D eigenvalue weighted by atomic mass is 16.5. The molecule has 1 aromatic rings. The van der Waals surface area contributed by atoms with Gasteiger partial charge in [0.25, 0.3) is 0 Å². The van der Waals surface area contributed by atoms with Crippen molar-refractivity contribution in [3.05, 3.63) is 42.0 Å². The fourth-order valence-corrected chi connectivity index (χ4v) is 3.03. The first-order chi connectivity index (χ1) is 12.4. The Balaban J connectivity index is 2.44. The third-order valence-corrected chi connectivity index (χ3v) is 4.45. The topological polar surface area (TPSA) is 97.1 Å². The SMILES string of the molecule is COc1cc(C(=O)CC2(C(N)=O)C=CC=CC2OC)cc(OC)c1OC. The highest BCUT2D eigenvalue weighted by Crippen LogP contribution is 2.40. The molecule has 1 aliphatic carbocycles. The minimum atomic E-state index is -1.26. The maximum Gasteiger partial charge on any atom is 0.230 e. The fourth-order valence-electron chi connectivity index (χ4n) is 3.03. The van der Waals surface area contributed by atoms with Crippen LogP contribution < -0.4 is 19.9 Å². The van der Waals surface area contributed by atoms with Crippen LogP contribution in [0, 0.1) is 5.41 Å². The van der Waals surface area contributed by atoms with E-state index in [0.717, 1.165) is 0 Å². The van der Waals surface area contributed by atoms with Gasteiger partial charge in [-0.15, -0.1) is 0 Å². The molecule has 0 heterocycles. The summed E-state index contributed by atoms with van der Waals surface area (Å²) in [6.07, 6.45) is 5.96. The molecule has 1 aromatic carbocycles. The molecule has 0 radical (unpaired) electrons. The summed E-state index contributed by atoms with van der Waals surface area (Å²) >= 11 is 0. The summed E-state index contributed by atoms with van der Waals surface area (Å²) in [7, 11) is 5.88. The zero-order valence-electron chi connectivity index (χ0n) is 15.3. The number of nitrogens with two attached hydrogens (primary N) is 1. The molecule has 2 atom stereocenters. The van der Waals surface area contributed by atoms with Crippen LogP contribution in [0.15, 0.2) is 36.4 Å². The summed E-state index contributed by atoms with van der Waals surface area (Å²) in [5, 5.41) is 0. The number of ketones is 1. The number of carbonyl (C=O) groups is 2. The maximum absolute atomic E-state index is 12.9. The van der Waals surface area contributed by atoms with Crippen LogP contribution in [0.5, 0.6) is 17.2 Å². The van der Waals surface area contributed by atoms with E-state index in [1.807, 2.05) is 0 Å². The molecule has 0 bridgehead atoms. The summed E-state index contributed by atoms with van der Waals surface area (Å²) in [6.45, 7) is 0. The van der Waals surface area contributed by atoms with Crippen LogP contribution in [0.25, 0.3) is 0 Å². The number of carbonyl (C=O) groups excluding carboxylic acids is 2. The molecule has 0 saturated carbocycles. The molecule has 0 aliphatic heterocycles. The number of methoxy groups -OCH3 is 4. The molecule has 0 fully saturated rings. The van der Waals surface area contributed by atoms with E-state index in [9.17, 15) is 9.59 Å². The van der Waals surface area contributed by atoms with Gasteiger partial charge >= 0.3 is 0 Å². The smallest absolute Gasteiger partial charge is 0.230 e. The van der Waals surface area contributed by atoms with Crippen LogP contribution in [-0.2, 0) is 9.53 Å². The molecule has 7 nitrogen and oxygen atoms in total. The molecule has 0 aromatic heterocycles. The Morgan fingerprint density at radius 3 is 2.12 bits per heavy atom. The summed E-state index contributed by atoms with van der Waals surface area (Å²) in [5.41, 5.74) is 4.68. The van der Waals surface area contributed by atoms with Crippen LogP contribution in [0.3, 0.4) is 0 Å². The van der Waals surface area contributed by atoms with Crippen LogP contribution in [0.2, 0.25) is 0 Å². The van der Waals surface area contributed by atoms with Crippen LogP contribution in [-0.4, -0.2) is 46.2 Å². The van der Waals surface area contributed by atoms with Gasteiger partial charge in [-0.2, -0.15) is 0 Å². The second-order valence-electron chi connectivity index (χ2n) is 5.82. The molecular formula is C19H23NO6. The van der Waals surface area contributed by atoms with E-state index in [0.29, 0.717) is 22.8 Å². The van der Waals surface area contributed by atoms with Gasteiger partial charge in [-0.05, 0) is 12.1 Å². The van der Waals surface area contributed by atoms with Crippen LogP contribution in [0.4, 0.5) is 0 Å². The molecular weight excluding hydrogens is 338 g/mol. The molecule has 7 heteroatoms. The predicted molar refractivity (Wildman–Crippen MR) is 95.7 cm³/mol. The van der Waals surface area contributed by atoms with Gasteiger partial charge in [0.05, 0.1) is 27.4 Å². The zero-order valence-corrected chi connectivity index (χ0v) is 15.3. The van der Waals surface area contributed by atoms with E-state index in [1.165, 1.54) is 28.4 Å². The van der Waals surface area contributed by atoms with E-state index >= 15 is 0 Å². The van der Waals surface area contributed by atoms with Crippen molar-refractivity contribution in [2.75, 3.05) is 28.4 Å². The highest BCUT2D eigenvalue weighted by Gasteiger charge is 2.44. The van der Waals surface area contributed by atoms with Gasteiger partial charge < -0.3 is 24.7 Å². The molecule has 1 amide bonds. The highest BCUT2D eigenvalue weighted by molar-refractivity contribution is 6.01. The quantitative estimate of drug-likeness (QED) is 0.710. The third-order valence-electron chi connectivity index (χ3n) is 4.45. The third kappa shape index (κ3) is 3.43. The zero-order chi connectivity index (χ0) is 19.3. The predicted octanol–water partition coefficient (Wildman–Crippen LogP) is 1.90. The normalized spacial score (nSPS) is 21.3. The minimum Gasteiger partial charge on any atom is -0.493 e. The Morgan fingerprint density at radius 2 is 1.65 bits per heavy atom. The molecule has 0 spiro atoms. The van der Waals surface area contributed by atoms with Crippen LogP contribution >= 0.6 is 0 Å². The molecule has 1 aliphatic rings. The van der Waals surface area contributed by atoms with Crippen molar-refractivity contribution >= 4 is 11.7 Å². The number of ether oxygens (including phenoxy) is 4. The lowest BCUT2D eigenvalue weighted by atomic mass is 9.73. The Bertz CT molecular complexity index is 729. The number of hydrogen-bond donors (Lipinski definition) is 1. The first-order valence-corrected chi connectivity index (χ1v) is 7.95. The van der Waals surface area contributed by atoms with Crippen molar-refractivity contribution in [3.63, 3.8) is 0 Å². The summed E-state index contributed by atoms with van der Waals surface area (Å²) in [5.74, 6) is 0.152. The van der Waals surface area contributed by atoms with Crippen molar-refractivity contribution in [1.82, 2.24) is 0 Å². The van der Waals surface area contributed by atoms with Crippen LogP contribution in [0.1, 0.15) is 16.8 Å². The lowest BCUT2D eigenvalue weighted by Gasteiger charge is -2.34. The Kier molecular flexibility index (Phi) is 6.05. The summed E-state index contributed by atoms with van der Waals surface area (Å²) in [6, 6.07) is 3.09. The first-order valence-electron chi connectivity index (χ1n) is 7.95. The van der Waals surface area contributed by atoms with E-state index < -0.39 is 17.4 Å². The minimum absolute atomic E-state index is 0.152. The van der Waals surface area contributed by atoms with Gasteiger partial charge in [-0.1, -0.05) is 24.3 Å². The fraction of sp³-hybridized carbons (Fsp3) is 0.368. The number of allylic oxidation sites excluding steroid dienone is 2. The van der Waals surface area contributed by atoms with Gasteiger partial charge in [0.2, 0.25) is 11.7 Å². The number of benzene rings is 1. The number of hydrogen-bond acceptors (Lipinski definition) is 6. The van der Waals surface area contributed by atoms with E-state index in [4.69, 9.17) is 24.7 Å². The lowest BCUT2D eigenvalue weighted by molar-refractivity contribution is -0.130. The molecule has 26 heavy (non-hydrogen) atoms. The van der Waals surface area contributed by atoms with E-state index in [1.54, 1.807) is 36.4 Å². The molecule has 2 unspecified atom stereocenters. The van der Waals surface area contributed by atoms with E-state index in [2.05, 4.69) is 0 Å². The van der Waals surface area contributed by atoms with Crippen molar-refractivity contribution in [3.8, 4) is 17.2 Å². The van der Waals surface area contributed by atoms with Gasteiger partial charge in [0.15, 0.2) is 17.3 Å². The number of amides is 1. The molecule has 0 saturated heterocycles. The Labute approximate surface area is 152 Å². The molecule has 2 rings (SSSR count). The standard InChI is InChI=1S/C19H23NO6/c1-23-14-9-12(10-15(24-2)17(14)26-4)13(21)11-19(18(20)22)8-6-5-7-16(19)25-3/h5-10,16H,11H2,1-4H3,(H2,20,22). The Hall–Kier alpha value is -2.80. The van der Waals surface area contributed by atoms with Gasteiger partial charge in [-0.3, -0.25) is 9.59 Å². The van der Waals surface area contributed by atoms with Gasteiger partial charge in [-0.25, -0.2) is 0 Å². The second kappa shape index (κ2) is 8.05. The monoisotopic (exact) mass is 361 g/mol. The number of Topliss-reactive ketones (excluding diaryl/α,β-unsaturated/α-hetero) is 1. The maximum atomic E-state index is 12.9. The largest absolute Gasteiger partial charge is 0.493 e. The average molecular weight is 361 g/mol. The van der Waals surface area contributed by atoms with E-state index in [-0.39, 0.29) is 12.2 Å². The average Bonchev–Trinajstić information content (AvgIpc) is 2.66. The molecule has 2 N–H and O–H groups in total. The number of primary amides is 1. The summed E-state index contributed by atoms with van der Waals surface area (Å²) < 4.78 is 21.2. The lowest BCUT2D eigenvalue weighted by Crippen LogP contribution is -2.47. The summed E-state index contributed by atoms with van der Waals surface area (Å²) in [4.78, 5) is 25.1. The first kappa shape index (κ1) is 19.5.